The van der Waals surface area contributed by atoms with E-state index in [2.05, 4.69) is 56.7 Å². The summed E-state index contributed by atoms with van der Waals surface area (Å²) in [5.41, 5.74) is 5.17. The highest BCUT2D eigenvalue weighted by atomic mass is 16.5. The highest BCUT2D eigenvalue weighted by molar-refractivity contribution is 5.85. The number of nitrogens with zero attached hydrogens (tertiary/aromatic N) is 2. The smallest absolute Gasteiger partial charge is 0.376 e. The van der Waals surface area contributed by atoms with Gasteiger partial charge in [-0.3, -0.25) is 0 Å². The lowest BCUT2D eigenvalue weighted by Gasteiger charge is -2.32. The summed E-state index contributed by atoms with van der Waals surface area (Å²) in [6, 6.07) is 0. The number of carbonyl (C=O) groups is 1. The Balaban J connectivity index is 2.04. The van der Waals surface area contributed by atoms with E-state index in [1.807, 2.05) is 6.08 Å². The number of hydrogen-bond donors (Lipinski definition) is 0. The predicted octanol–water partition coefficient (Wildman–Crippen LogP) is 5.92. The molecule has 0 saturated carbocycles. The maximum absolute atomic E-state index is 11.8. The van der Waals surface area contributed by atoms with E-state index < -0.39 is 5.97 Å². The van der Waals surface area contributed by atoms with E-state index in [0.29, 0.717) is 6.61 Å². The van der Waals surface area contributed by atoms with Gasteiger partial charge < -0.3 is 4.74 Å². The lowest BCUT2D eigenvalue weighted by molar-refractivity contribution is 0.0485. The molecular formula is C23H32N2O2. The molecule has 0 saturated heterocycles. The second-order valence-corrected chi connectivity index (χ2v) is 7.98. The van der Waals surface area contributed by atoms with E-state index in [-0.39, 0.29) is 11.2 Å². The van der Waals surface area contributed by atoms with E-state index in [1.165, 1.54) is 30.4 Å². The van der Waals surface area contributed by atoms with Crippen LogP contribution in [-0.4, -0.2) is 22.5 Å². The van der Waals surface area contributed by atoms with Crippen LogP contribution in [0.15, 0.2) is 41.3 Å². The molecule has 0 spiro atoms. The van der Waals surface area contributed by atoms with Crippen molar-refractivity contribution >= 4 is 12.0 Å². The standard InChI is InChI=1S/C23H32N2O2/c1-6-7-13-27-22(26)21-24-15-19(16-25-21)14-17(2)10-11-20-18(3)9-8-12-23(20,4)5/h10-11,14-16H,6-9,12-13H2,1-5H3/b11-10+,17-14+. The zero-order valence-corrected chi connectivity index (χ0v) is 17.3. The zero-order valence-electron chi connectivity index (χ0n) is 17.3. The average Bonchev–Trinajstić information content (AvgIpc) is 2.61. The zero-order chi connectivity index (χ0) is 19.9. The third kappa shape index (κ3) is 6.16. The van der Waals surface area contributed by atoms with Crippen molar-refractivity contribution < 1.29 is 9.53 Å². The molecule has 0 bridgehead atoms. The summed E-state index contributed by atoms with van der Waals surface area (Å²) in [6.07, 6.45) is 15.3. The first-order valence-corrected chi connectivity index (χ1v) is 9.89. The molecular weight excluding hydrogens is 336 g/mol. The van der Waals surface area contributed by atoms with Gasteiger partial charge in [0.15, 0.2) is 0 Å². The number of unbranched alkanes of at least 4 members (excludes halogenated alkanes) is 1. The number of rotatable bonds is 7. The molecule has 0 radical (unpaired) electrons. The molecule has 1 aliphatic carbocycles. The minimum absolute atomic E-state index is 0.112. The maximum atomic E-state index is 11.8. The van der Waals surface area contributed by atoms with E-state index in [9.17, 15) is 4.79 Å². The molecule has 1 aromatic rings. The summed E-state index contributed by atoms with van der Waals surface area (Å²) in [5, 5.41) is 0. The van der Waals surface area contributed by atoms with Gasteiger partial charge in [0.25, 0.3) is 0 Å². The van der Waals surface area contributed by atoms with E-state index in [4.69, 9.17) is 4.74 Å². The van der Waals surface area contributed by atoms with Crippen molar-refractivity contribution in [3.05, 3.63) is 52.7 Å². The fourth-order valence-corrected chi connectivity index (χ4v) is 3.43. The lowest BCUT2D eigenvalue weighted by Crippen LogP contribution is -2.19. The molecule has 27 heavy (non-hydrogen) atoms. The third-order valence-corrected chi connectivity index (χ3v) is 5.04. The molecule has 0 aliphatic heterocycles. The van der Waals surface area contributed by atoms with E-state index in [0.717, 1.165) is 24.0 Å². The Labute approximate surface area is 163 Å². The highest BCUT2D eigenvalue weighted by Crippen LogP contribution is 2.40. The Morgan fingerprint density at radius 1 is 1.30 bits per heavy atom. The first-order valence-electron chi connectivity index (χ1n) is 9.89. The number of hydrogen-bond acceptors (Lipinski definition) is 4. The van der Waals surface area contributed by atoms with Crippen molar-refractivity contribution in [1.29, 1.82) is 0 Å². The fourth-order valence-electron chi connectivity index (χ4n) is 3.43. The molecule has 1 heterocycles. The van der Waals surface area contributed by atoms with Crippen LogP contribution >= 0.6 is 0 Å². The minimum atomic E-state index is -0.461. The molecule has 0 amide bonds. The fraction of sp³-hybridized carbons (Fsp3) is 0.522. The van der Waals surface area contributed by atoms with E-state index >= 15 is 0 Å². The van der Waals surface area contributed by atoms with Crippen molar-refractivity contribution in [3.63, 3.8) is 0 Å². The van der Waals surface area contributed by atoms with Gasteiger partial charge in [-0.15, -0.1) is 0 Å². The van der Waals surface area contributed by atoms with Gasteiger partial charge in [0.05, 0.1) is 6.61 Å². The molecule has 0 atom stereocenters. The molecule has 4 heteroatoms. The minimum Gasteiger partial charge on any atom is -0.460 e. The first-order chi connectivity index (χ1) is 12.8. The quantitative estimate of drug-likeness (QED) is 0.340. The van der Waals surface area contributed by atoms with Crippen LogP contribution in [0.1, 0.15) is 82.9 Å². The van der Waals surface area contributed by atoms with Crippen molar-refractivity contribution in [2.75, 3.05) is 6.61 Å². The van der Waals surface area contributed by atoms with E-state index in [1.54, 1.807) is 12.4 Å². The van der Waals surface area contributed by atoms with Gasteiger partial charge in [0.1, 0.15) is 0 Å². The van der Waals surface area contributed by atoms with Crippen LogP contribution in [0.4, 0.5) is 0 Å². The summed E-state index contributed by atoms with van der Waals surface area (Å²) in [5.74, 6) is -0.348. The Morgan fingerprint density at radius 2 is 2.00 bits per heavy atom. The Kier molecular flexibility index (Phi) is 7.52. The van der Waals surface area contributed by atoms with Crippen LogP contribution in [0, 0.1) is 5.41 Å². The van der Waals surface area contributed by atoms with Crippen LogP contribution in [0.5, 0.6) is 0 Å². The third-order valence-electron chi connectivity index (χ3n) is 5.04. The number of ether oxygens (including phenoxy) is 1. The molecule has 1 aromatic heterocycles. The number of esters is 1. The second-order valence-electron chi connectivity index (χ2n) is 7.98. The van der Waals surface area contributed by atoms with Gasteiger partial charge in [0.2, 0.25) is 5.82 Å². The second kappa shape index (κ2) is 9.63. The largest absolute Gasteiger partial charge is 0.460 e. The maximum Gasteiger partial charge on any atom is 0.376 e. The van der Waals surface area contributed by atoms with Gasteiger partial charge in [-0.05, 0) is 56.6 Å². The van der Waals surface area contributed by atoms with Crippen molar-refractivity contribution in [2.24, 2.45) is 5.41 Å². The van der Waals surface area contributed by atoms with Crippen LogP contribution in [0.2, 0.25) is 0 Å². The van der Waals surface area contributed by atoms with Gasteiger partial charge in [-0.25, -0.2) is 14.8 Å². The van der Waals surface area contributed by atoms with Gasteiger partial charge in [-0.1, -0.05) is 50.5 Å². The Bertz CT molecular complexity index is 740. The summed E-state index contributed by atoms with van der Waals surface area (Å²) < 4.78 is 5.13. The summed E-state index contributed by atoms with van der Waals surface area (Å²) in [6.45, 7) is 11.4. The molecule has 4 nitrogen and oxygen atoms in total. The molecule has 2 rings (SSSR count). The van der Waals surface area contributed by atoms with Crippen molar-refractivity contribution in [2.45, 2.75) is 66.7 Å². The number of carbonyl (C=O) groups excluding carboxylic acids is 1. The van der Waals surface area contributed by atoms with Crippen LogP contribution in [0.3, 0.4) is 0 Å². The van der Waals surface area contributed by atoms with Gasteiger partial charge >= 0.3 is 5.97 Å². The average molecular weight is 369 g/mol. The SMILES string of the molecule is CCCCOC(=O)c1ncc(/C=C(C)/C=C/C2=C(C)CCCC2(C)C)cn1. The molecule has 146 valence electrons. The van der Waals surface area contributed by atoms with Gasteiger partial charge in [-0.2, -0.15) is 0 Å². The normalized spacial score (nSPS) is 17.4. The first kappa shape index (κ1) is 21.1. The molecule has 1 aliphatic rings. The Morgan fingerprint density at radius 3 is 2.63 bits per heavy atom. The molecule has 0 fully saturated rings. The number of allylic oxidation sites excluding steroid dienone is 5. The lowest BCUT2D eigenvalue weighted by atomic mass is 9.72. The van der Waals surface area contributed by atoms with Crippen LogP contribution in [0.25, 0.3) is 6.08 Å². The van der Waals surface area contributed by atoms with Crippen LogP contribution in [-0.2, 0) is 4.74 Å². The summed E-state index contributed by atoms with van der Waals surface area (Å²) in [7, 11) is 0. The molecule has 0 unspecified atom stereocenters. The molecule has 0 aromatic carbocycles. The van der Waals surface area contributed by atoms with Gasteiger partial charge in [0, 0.05) is 18.0 Å². The van der Waals surface area contributed by atoms with Crippen LogP contribution < -0.4 is 0 Å². The topological polar surface area (TPSA) is 52.1 Å². The van der Waals surface area contributed by atoms with Crippen molar-refractivity contribution in [1.82, 2.24) is 9.97 Å². The Hall–Kier alpha value is -2.23. The number of aromatic nitrogens is 2. The molecule has 0 N–H and O–H groups in total. The summed E-state index contributed by atoms with van der Waals surface area (Å²) in [4.78, 5) is 20.1. The highest BCUT2D eigenvalue weighted by Gasteiger charge is 2.26. The monoisotopic (exact) mass is 368 g/mol. The summed E-state index contributed by atoms with van der Waals surface area (Å²) >= 11 is 0. The van der Waals surface area contributed by atoms with Crippen molar-refractivity contribution in [3.8, 4) is 0 Å². The predicted molar refractivity (Wildman–Crippen MR) is 110 cm³/mol.